The number of nitrogens with zero attached hydrogens (tertiary/aromatic N) is 5. The van der Waals surface area contributed by atoms with Crippen LogP contribution in [0.25, 0.3) is 0 Å². The van der Waals surface area contributed by atoms with Crippen LogP contribution in [0.15, 0.2) is 54.7 Å². The average Bonchev–Trinajstić information content (AvgIpc) is 3.40. The summed E-state index contributed by atoms with van der Waals surface area (Å²) in [6, 6.07) is 13.0. The molecule has 15 heteroatoms. The number of aliphatic hydroxyl groups is 1. The highest BCUT2D eigenvalue weighted by Crippen LogP contribution is 2.27. The average molecular weight is 594 g/mol. The first-order valence-electron chi connectivity index (χ1n) is 13.4. The molecule has 1 fully saturated rings. The van der Waals surface area contributed by atoms with Crippen molar-refractivity contribution in [3.8, 4) is 23.3 Å². The van der Waals surface area contributed by atoms with Crippen LogP contribution in [-0.2, 0) is 6.54 Å². The molecule has 2 aromatic carbocycles. The van der Waals surface area contributed by atoms with Crippen molar-refractivity contribution in [2.75, 3.05) is 50.8 Å². The predicted octanol–water partition coefficient (Wildman–Crippen LogP) is 3.48. The minimum Gasteiger partial charge on any atom is -0.491 e. The van der Waals surface area contributed by atoms with Crippen molar-refractivity contribution in [1.82, 2.24) is 14.5 Å². The van der Waals surface area contributed by atoms with Crippen LogP contribution in [0, 0.1) is 10.1 Å². The first-order valence-corrected chi connectivity index (χ1v) is 13.4. The van der Waals surface area contributed by atoms with Crippen LogP contribution < -0.4 is 23.8 Å². The molecule has 0 spiro atoms. The third-order valence-electron chi connectivity index (χ3n) is 6.86. The molecule has 2 aliphatic heterocycles. The summed E-state index contributed by atoms with van der Waals surface area (Å²) < 4.78 is 59.4. The number of nitro groups is 1. The first-order chi connectivity index (χ1) is 20.1. The van der Waals surface area contributed by atoms with Gasteiger partial charge in [-0.1, -0.05) is 0 Å². The fraction of sp³-hybridized carbons (Fsp3) is 0.444. The Morgan fingerprint density at radius 3 is 2.31 bits per heavy atom. The summed E-state index contributed by atoms with van der Waals surface area (Å²) in [5.74, 6) is 0.450. The molecule has 1 aromatic heterocycles. The van der Waals surface area contributed by atoms with Crippen molar-refractivity contribution < 1.29 is 42.1 Å². The quantitative estimate of drug-likeness (QED) is 0.261. The highest BCUT2D eigenvalue weighted by atomic mass is 19.4. The van der Waals surface area contributed by atoms with Gasteiger partial charge in [-0.05, 0) is 53.5 Å². The SMILES string of the molecule is O=[N+]([O-])c1cn2c(n1)OC(COc1ccc(N3CCN(CC(O)COc4ccc(OC(F)(F)F)cc4)CC3)cc1)CC2. The Bertz CT molecular complexity index is 1330. The van der Waals surface area contributed by atoms with E-state index in [0.29, 0.717) is 37.6 Å². The molecule has 0 aliphatic carbocycles. The van der Waals surface area contributed by atoms with Crippen molar-refractivity contribution >= 4 is 11.5 Å². The molecule has 3 heterocycles. The van der Waals surface area contributed by atoms with Gasteiger partial charge in [0.1, 0.15) is 48.9 Å². The van der Waals surface area contributed by atoms with E-state index < -0.39 is 17.4 Å². The summed E-state index contributed by atoms with van der Waals surface area (Å²) in [5.41, 5.74) is 1.05. The highest BCUT2D eigenvalue weighted by Gasteiger charge is 2.31. The van der Waals surface area contributed by atoms with Crippen LogP contribution in [0.4, 0.5) is 24.7 Å². The van der Waals surface area contributed by atoms with Crippen LogP contribution in [0.5, 0.6) is 23.3 Å². The molecular formula is C27H30F3N5O7. The highest BCUT2D eigenvalue weighted by molar-refractivity contribution is 5.49. The molecule has 0 radical (unpaired) electrons. The normalized spacial score (nSPS) is 18.1. The molecule has 0 amide bonds. The molecule has 3 aromatic rings. The number of hydrogen-bond donors (Lipinski definition) is 1. The first kappa shape index (κ1) is 29.3. The van der Waals surface area contributed by atoms with E-state index in [1.54, 1.807) is 4.57 Å². The summed E-state index contributed by atoms with van der Waals surface area (Å²) >= 11 is 0. The lowest BCUT2D eigenvalue weighted by Gasteiger charge is -2.36. The van der Waals surface area contributed by atoms with E-state index in [0.717, 1.165) is 44.0 Å². The van der Waals surface area contributed by atoms with E-state index >= 15 is 0 Å². The van der Waals surface area contributed by atoms with Gasteiger partial charge in [0.05, 0.1) is 0 Å². The van der Waals surface area contributed by atoms with E-state index in [2.05, 4.69) is 19.5 Å². The molecule has 12 nitrogen and oxygen atoms in total. The van der Waals surface area contributed by atoms with Gasteiger partial charge in [0.2, 0.25) is 0 Å². The number of halogens is 3. The Morgan fingerprint density at radius 1 is 1.00 bits per heavy atom. The van der Waals surface area contributed by atoms with Crippen LogP contribution in [0.3, 0.4) is 0 Å². The zero-order chi connectivity index (χ0) is 29.7. The third kappa shape index (κ3) is 7.94. The van der Waals surface area contributed by atoms with Crippen molar-refractivity contribution in [3.63, 3.8) is 0 Å². The van der Waals surface area contributed by atoms with Gasteiger partial charge in [-0.25, -0.2) is 0 Å². The van der Waals surface area contributed by atoms with E-state index in [9.17, 15) is 28.4 Å². The Morgan fingerprint density at radius 2 is 1.64 bits per heavy atom. The molecule has 1 saturated heterocycles. The van der Waals surface area contributed by atoms with Crippen LogP contribution in [-0.4, -0.2) is 89.0 Å². The van der Waals surface area contributed by atoms with Crippen LogP contribution in [0.1, 0.15) is 6.42 Å². The molecule has 2 aliphatic rings. The molecular weight excluding hydrogens is 563 g/mol. The Kier molecular flexibility index (Phi) is 8.87. The molecule has 226 valence electrons. The Hall–Kier alpha value is -4.24. The second kappa shape index (κ2) is 12.7. The molecule has 0 bridgehead atoms. The van der Waals surface area contributed by atoms with E-state index in [1.165, 1.54) is 18.3 Å². The lowest BCUT2D eigenvalue weighted by atomic mass is 10.2. The van der Waals surface area contributed by atoms with Gasteiger partial charge in [-0.15, -0.1) is 13.2 Å². The molecule has 42 heavy (non-hydrogen) atoms. The predicted molar refractivity (Wildman–Crippen MR) is 143 cm³/mol. The van der Waals surface area contributed by atoms with Gasteiger partial charge < -0.3 is 39.1 Å². The lowest BCUT2D eigenvalue weighted by molar-refractivity contribution is -0.389. The van der Waals surface area contributed by atoms with Gasteiger partial charge in [-0.2, -0.15) is 0 Å². The summed E-state index contributed by atoms with van der Waals surface area (Å²) in [4.78, 5) is 18.6. The van der Waals surface area contributed by atoms with Gasteiger partial charge in [0, 0.05) is 56.4 Å². The molecule has 5 rings (SSSR count). The number of β-amino-alcohol motifs (C(OH)–C–C–N with tert-alkyl or cyclic N) is 1. The van der Waals surface area contributed by atoms with Gasteiger partial charge in [-0.3, -0.25) is 9.47 Å². The summed E-state index contributed by atoms with van der Waals surface area (Å²) in [6.07, 6.45) is -3.75. The number of fused-ring (bicyclic) bond motifs is 1. The molecule has 0 saturated carbocycles. The van der Waals surface area contributed by atoms with E-state index in [1.807, 2.05) is 24.3 Å². The van der Waals surface area contributed by atoms with Gasteiger partial charge in [0.25, 0.3) is 0 Å². The lowest BCUT2D eigenvalue weighted by Crippen LogP contribution is -2.49. The van der Waals surface area contributed by atoms with Crippen LogP contribution >= 0.6 is 0 Å². The van der Waals surface area contributed by atoms with E-state index in [-0.39, 0.29) is 30.3 Å². The number of aromatic nitrogens is 2. The second-order valence-electron chi connectivity index (χ2n) is 9.94. The molecule has 2 atom stereocenters. The second-order valence-corrected chi connectivity index (χ2v) is 9.94. The third-order valence-corrected chi connectivity index (χ3v) is 6.86. The van der Waals surface area contributed by atoms with Crippen molar-refractivity contribution in [3.05, 3.63) is 64.8 Å². The van der Waals surface area contributed by atoms with Crippen molar-refractivity contribution in [2.45, 2.75) is 31.5 Å². The smallest absolute Gasteiger partial charge is 0.491 e. The zero-order valence-electron chi connectivity index (χ0n) is 22.5. The minimum atomic E-state index is -4.75. The molecule has 1 N–H and O–H groups in total. The summed E-state index contributed by atoms with van der Waals surface area (Å²) in [5, 5.41) is 21.3. The number of hydrogen-bond acceptors (Lipinski definition) is 10. The number of imidazole rings is 1. The Balaban J connectivity index is 1.00. The monoisotopic (exact) mass is 593 g/mol. The van der Waals surface area contributed by atoms with Gasteiger partial charge >= 0.3 is 18.2 Å². The molecule has 2 unspecified atom stereocenters. The fourth-order valence-corrected chi connectivity index (χ4v) is 4.75. The number of alkyl halides is 3. The standard InChI is InChI=1S/C27H30F3N5O7/c28-27(29,30)42-23-7-5-22(6-8-23)39-17-20(36)15-32-11-13-33(14-12-32)19-1-3-21(4-2-19)40-18-24-9-10-34-16-25(35(37)38)31-26(34)41-24/h1-8,16,20,24,36H,9-15,17-18H2. The summed E-state index contributed by atoms with van der Waals surface area (Å²) in [6.45, 7) is 4.30. The number of piperazine rings is 1. The number of benzene rings is 2. The largest absolute Gasteiger partial charge is 0.573 e. The topological polar surface area (TPSA) is 125 Å². The number of aliphatic hydroxyl groups excluding tert-OH is 1. The Labute approximate surface area is 238 Å². The zero-order valence-corrected chi connectivity index (χ0v) is 22.5. The minimum absolute atomic E-state index is 0.0101. The van der Waals surface area contributed by atoms with Crippen LogP contribution in [0.2, 0.25) is 0 Å². The number of rotatable bonds is 11. The number of ether oxygens (including phenoxy) is 4. The maximum atomic E-state index is 12.3. The maximum absolute atomic E-state index is 12.3. The van der Waals surface area contributed by atoms with Crippen molar-refractivity contribution in [2.24, 2.45) is 0 Å². The number of aryl methyl sites for hydroxylation is 1. The fourth-order valence-electron chi connectivity index (χ4n) is 4.75. The van der Waals surface area contributed by atoms with Crippen molar-refractivity contribution in [1.29, 1.82) is 0 Å². The summed E-state index contributed by atoms with van der Waals surface area (Å²) in [7, 11) is 0. The number of anilines is 1. The van der Waals surface area contributed by atoms with E-state index in [4.69, 9.17) is 14.2 Å². The maximum Gasteiger partial charge on any atom is 0.573 e. The van der Waals surface area contributed by atoms with Gasteiger partial charge in [0.15, 0.2) is 0 Å².